The summed E-state index contributed by atoms with van der Waals surface area (Å²) >= 11 is 0. The van der Waals surface area contributed by atoms with Gasteiger partial charge in [-0.2, -0.15) is 10.2 Å². The van der Waals surface area contributed by atoms with E-state index in [1.807, 2.05) is 6.07 Å². The molecule has 0 aromatic carbocycles. The van der Waals surface area contributed by atoms with E-state index in [0.717, 1.165) is 37.7 Å². The third-order valence-electron chi connectivity index (χ3n) is 10.2. The van der Waals surface area contributed by atoms with Crippen LogP contribution in [-0.2, 0) is 10.3 Å². The van der Waals surface area contributed by atoms with Crippen LogP contribution in [0.4, 0.5) is 0 Å². The fourth-order valence-corrected chi connectivity index (χ4v) is 8.67. The summed E-state index contributed by atoms with van der Waals surface area (Å²) in [6, 6.07) is 1.93. The normalized spacial score (nSPS) is 56.9. The van der Waals surface area contributed by atoms with Gasteiger partial charge in [0.1, 0.15) is 11.2 Å². The first-order valence-electron chi connectivity index (χ1n) is 11.2. The van der Waals surface area contributed by atoms with Gasteiger partial charge in [-0.05, 0) is 74.2 Å². The summed E-state index contributed by atoms with van der Waals surface area (Å²) in [5, 5.41) is 30.2. The number of hydrogen-bond donors (Lipinski definition) is 2. The molecule has 152 valence electrons. The van der Waals surface area contributed by atoms with E-state index in [1.165, 1.54) is 12.8 Å². The van der Waals surface area contributed by atoms with Gasteiger partial charge in [0.25, 0.3) is 0 Å². The van der Waals surface area contributed by atoms with Gasteiger partial charge in [-0.15, -0.1) is 0 Å². The fourth-order valence-electron chi connectivity index (χ4n) is 8.67. The van der Waals surface area contributed by atoms with Gasteiger partial charge in [0.15, 0.2) is 0 Å². The topological polar surface area (TPSA) is 78.8 Å². The van der Waals surface area contributed by atoms with Crippen molar-refractivity contribution in [2.75, 3.05) is 0 Å². The molecule has 9 atom stereocenters. The Hall–Kier alpha value is -1.04. The van der Waals surface area contributed by atoms with Crippen molar-refractivity contribution in [1.82, 2.24) is 10.2 Å². The van der Waals surface area contributed by atoms with Gasteiger partial charge in [-0.25, -0.2) is 0 Å². The summed E-state index contributed by atoms with van der Waals surface area (Å²) in [6.07, 6.45) is 11.7. The van der Waals surface area contributed by atoms with Gasteiger partial charge in [-0.3, -0.25) is 0 Å². The van der Waals surface area contributed by atoms with Crippen LogP contribution >= 0.6 is 0 Å². The first kappa shape index (κ1) is 17.8. The maximum atomic E-state index is 12.0. The fraction of sp³-hybridized carbons (Fsp3) is 0.826. The number of hydrogen-bond acceptors (Lipinski definition) is 5. The van der Waals surface area contributed by atoms with Crippen molar-refractivity contribution in [3.05, 3.63) is 24.0 Å². The predicted molar refractivity (Wildman–Crippen MR) is 103 cm³/mol. The number of ether oxygens (including phenoxy) is 1. The lowest BCUT2D eigenvalue weighted by Gasteiger charge is -2.61. The maximum absolute atomic E-state index is 12.0. The molecule has 2 N–H and O–H groups in total. The molecule has 1 aromatic heterocycles. The minimum Gasteiger partial charge on any atom is -0.393 e. The van der Waals surface area contributed by atoms with Gasteiger partial charge in [0, 0.05) is 23.6 Å². The van der Waals surface area contributed by atoms with Crippen molar-refractivity contribution in [2.45, 2.75) is 88.6 Å². The highest BCUT2D eigenvalue weighted by Crippen LogP contribution is 2.78. The summed E-state index contributed by atoms with van der Waals surface area (Å²) in [4.78, 5) is 0. The second-order valence-corrected chi connectivity index (χ2v) is 10.9. The molecule has 4 aliphatic carbocycles. The monoisotopic (exact) mass is 384 g/mol. The Morgan fingerprint density at radius 1 is 1.07 bits per heavy atom. The average Bonchev–Trinajstić information content (AvgIpc) is 3.35. The molecule has 28 heavy (non-hydrogen) atoms. The molecule has 1 saturated heterocycles. The van der Waals surface area contributed by atoms with E-state index in [2.05, 4.69) is 24.0 Å². The van der Waals surface area contributed by atoms with E-state index in [9.17, 15) is 10.2 Å². The first-order valence-corrected chi connectivity index (χ1v) is 11.2. The summed E-state index contributed by atoms with van der Waals surface area (Å²) in [5.74, 6) is 1.81. The van der Waals surface area contributed by atoms with Crippen LogP contribution in [0.2, 0.25) is 0 Å². The van der Waals surface area contributed by atoms with Crippen molar-refractivity contribution in [3.63, 3.8) is 0 Å². The quantitative estimate of drug-likeness (QED) is 0.727. The van der Waals surface area contributed by atoms with Gasteiger partial charge in [0.2, 0.25) is 0 Å². The lowest BCUT2D eigenvalue weighted by molar-refractivity contribution is -0.193. The van der Waals surface area contributed by atoms with Crippen molar-refractivity contribution >= 4 is 0 Å². The van der Waals surface area contributed by atoms with Crippen LogP contribution in [0, 0.1) is 28.6 Å². The molecule has 2 heterocycles. The van der Waals surface area contributed by atoms with Gasteiger partial charge in [-0.1, -0.05) is 13.8 Å². The van der Waals surface area contributed by atoms with Crippen LogP contribution in [0.1, 0.15) is 70.8 Å². The number of nitrogens with zero attached hydrogens (tertiary/aromatic N) is 2. The third kappa shape index (κ3) is 1.85. The number of aromatic nitrogens is 2. The third-order valence-corrected chi connectivity index (χ3v) is 10.2. The molecule has 0 bridgehead atoms. The SMILES string of the molecule is C[C@]12CCC(O)CC1CC[C@@H]1[C@H]2CC[C@]2(C)C(O)(c3ccnnc3)CC3O[C@]312. The molecule has 5 heteroatoms. The number of rotatable bonds is 1. The summed E-state index contributed by atoms with van der Waals surface area (Å²) in [6.45, 7) is 4.76. The summed E-state index contributed by atoms with van der Waals surface area (Å²) < 4.78 is 6.53. The molecule has 5 nitrogen and oxygen atoms in total. The Bertz CT molecular complexity index is 804. The largest absolute Gasteiger partial charge is 0.393 e. The molecule has 0 radical (unpaired) electrons. The molecule has 5 fully saturated rings. The average molecular weight is 385 g/mol. The van der Waals surface area contributed by atoms with Crippen molar-refractivity contribution in [3.8, 4) is 0 Å². The highest BCUT2D eigenvalue weighted by molar-refractivity contribution is 5.37. The Labute approximate surface area is 166 Å². The summed E-state index contributed by atoms with van der Waals surface area (Å²) in [7, 11) is 0. The second-order valence-electron chi connectivity index (χ2n) is 10.9. The first-order chi connectivity index (χ1) is 13.4. The number of aliphatic hydroxyl groups is 2. The zero-order valence-corrected chi connectivity index (χ0v) is 17.0. The smallest absolute Gasteiger partial charge is 0.106 e. The molecule has 4 saturated carbocycles. The minimum atomic E-state index is -0.878. The summed E-state index contributed by atoms with van der Waals surface area (Å²) in [5.41, 5.74) is -0.116. The molecule has 1 spiro atoms. The minimum absolute atomic E-state index is 0.109. The van der Waals surface area contributed by atoms with E-state index >= 15 is 0 Å². The number of aliphatic hydroxyl groups excluding tert-OH is 1. The van der Waals surface area contributed by atoms with Crippen LogP contribution < -0.4 is 0 Å². The Balaban J connectivity index is 1.39. The Morgan fingerprint density at radius 3 is 2.71 bits per heavy atom. The molecule has 6 rings (SSSR count). The lowest BCUT2D eigenvalue weighted by Crippen LogP contribution is -2.61. The van der Waals surface area contributed by atoms with Gasteiger partial charge >= 0.3 is 0 Å². The van der Waals surface area contributed by atoms with Crippen molar-refractivity contribution in [2.24, 2.45) is 28.6 Å². The highest BCUT2D eigenvalue weighted by atomic mass is 16.6. The van der Waals surface area contributed by atoms with Gasteiger partial charge in [0.05, 0.1) is 18.4 Å². The van der Waals surface area contributed by atoms with E-state index < -0.39 is 5.60 Å². The second kappa shape index (κ2) is 5.35. The maximum Gasteiger partial charge on any atom is 0.106 e. The Kier molecular flexibility index (Phi) is 3.40. The molecule has 5 aliphatic rings. The van der Waals surface area contributed by atoms with Crippen LogP contribution in [0.25, 0.3) is 0 Å². The molecular formula is C23H32N2O3. The molecule has 1 aliphatic heterocycles. The molecular weight excluding hydrogens is 352 g/mol. The van der Waals surface area contributed by atoms with E-state index in [0.29, 0.717) is 29.6 Å². The van der Waals surface area contributed by atoms with E-state index in [-0.39, 0.29) is 23.2 Å². The van der Waals surface area contributed by atoms with Crippen LogP contribution in [0.3, 0.4) is 0 Å². The van der Waals surface area contributed by atoms with E-state index in [4.69, 9.17) is 4.74 Å². The predicted octanol–water partition coefficient (Wildman–Crippen LogP) is 3.20. The number of epoxide rings is 1. The van der Waals surface area contributed by atoms with Crippen molar-refractivity contribution < 1.29 is 14.9 Å². The lowest BCUT2D eigenvalue weighted by atomic mass is 9.43. The standard InChI is InChI=1S/C23H32N2O3/c1-20-8-5-16(26)11-14(20)3-4-18-17(20)6-9-21(2)22(27,12-19-23(18,21)28-19)15-7-10-24-25-13-15/h7,10,13-14,16-19,26-27H,3-6,8-9,11-12H2,1-2H3/t14?,16?,17-,18-,19?,20+,21-,22?,23+/m1/s1. The zero-order valence-electron chi connectivity index (χ0n) is 17.0. The number of fused-ring (bicyclic) bond motifs is 3. The van der Waals surface area contributed by atoms with Crippen LogP contribution in [0.5, 0.6) is 0 Å². The highest BCUT2D eigenvalue weighted by Gasteiger charge is 2.84. The van der Waals surface area contributed by atoms with Gasteiger partial charge < -0.3 is 14.9 Å². The van der Waals surface area contributed by atoms with E-state index in [1.54, 1.807) is 12.4 Å². The molecule has 4 unspecified atom stereocenters. The molecule has 1 aromatic rings. The zero-order chi connectivity index (χ0) is 19.4. The van der Waals surface area contributed by atoms with Crippen LogP contribution in [-0.4, -0.2) is 38.2 Å². The van der Waals surface area contributed by atoms with Crippen LogP contribution in [0.15, 0.2) is 18.5 Å². The van der Waals surface area contributed by atoms with Crippen molar-refractivity contribution in [1.29, 1.82) is 0 Å². The molecule has 0 amide bonds. The Morgan fingerprint density at radius 2 is 1.93 bits per heavy atom.